The summed E-state index contributed by atoms with van der Waals surface area (Å²) in [7, 11) is -4.37. The number of hydrogen-bond donors (Lipinski definition) is 2. The Kier molecular flexibility index (Phi) is 9.28. The van der Waals surface area contributed by atoms with Gasteiger partial charge in [-0.05, 0) is 50.5 Å². The number of aliphatic hydroxyl groups excluding tert-OH is 1. The van der Waals surface area contributed by atoms with Crippen molar-refractivity contribution < 1.29 is 31.4 Å². The summed E-state index contributed by atoms with van der Waals surface area (Å²) in [5, 5.41) is 18.2. The van der Waals surface area contributed by atoms with Crippen molar-refractivity contribution in [3.8, 4) is 11.4 Å². The fourth-order valence-electron chi connectivity index (χ4n) is 5.56. The third-order valence-electron chi connectivity index (χ3n) is 8.09. The highest BCUT2D eigenvalue weighted by Gasteiger charge is 2.45. The molecule has 14 heteroatoms. The molecule has 2 aliphatic rings. The molecule has 0 saturated carbocycles. The fourth-order valence-corrected chi connectivity index (χ4v) is 8.08. The van der Waals surface area contributed by atoms with E-state index in [4.69, 9.17) is 9.47 Å². The molecule has 0 aliphatic carbocycles. The zero-order valence-electron chi connectivity index (χ0n) is 24.6. The number of nitrogens with zero attached hydrogens (tertiary/aromatic N) is 4. The van der Waals surface area contributed by atoms with E-state index in [1.807, 2.05) is 30.3 Å². The number of hydrogen-bond acceptors (Lipinski definition) is 9. The van der Waals surface area contributed by atoms with Crippen molar-refractivity contribution in [1.29, 1.82) is 0 Å². The highest BCUT2D eigenvalue weighted by Crippen LogP contribution is 2.37. The van der Waals surface area contributed by atoms with E-state index in [-0.39, 0.29) is 29.0 Å². The van der Waals surface area contributed by atoms with E-state index in [0.717, 1.165) is 9.99 Å². The molecular weight excluding hydrogens is 594 g/mol. The lowest BCUT2D eigenvalue weighted by Gasteiger charge is -2.38. The van der Waals surface area contributed by atoms with Crippen LogP contribution in [-0.2, 0) is 24.8 Å². The number of nitrogens with one attached hydrogen (secondary N) is 1. The third-order valence-corrected chi connectivity index (χ3v) is 11.9. The van der Waals surface area contributed by atoms with Gasteiger partial charge in [-0.3, -0.25) is 0 Å². The molecule has 0 amide bonds. The van der Waals surface area contributed by atoms with Crippen LogP contribution in [0, 0.1) is 6.92 Å². The van der Waals surface area contributed by atoms with E-state index in [9.17, 15) is 21.9 Å². The molecule has 1 spiro atoms. The van der Waals surface area contributed by atoms with Crippen LogP contribution in [0.3, 0.4) is 0 Å². The third kappa shape index (κ3) is 6.80. The van der Waals surface area contributed by atoms with Crippen LogP contribution in [0.1, 0.15) is 25.0 Å². The fraction of sp³-hybridized carbons (Fsp3) is 0.483. The van der Waals surface area contributed by atoms with E-state index in [1.165, 1.54) is 36.7 Å². The maximum atomic E-state index is 13.5. The second-order valence-corrected chi connectivity index (χ2v) is 15.3. The van der Waals surface area contributed by atoms with Gasteiger partial charge in [0.1, 0.15) is 23.4 Å². The van der Waals surface area contributed by atoms with Crippen molar-refractivity contribution in [2.24, 2.45) is 0 Å². The first-order chi connectivity index (χ1) is 20.4. The Hall–Kier alpha value is -2.85. The molecule has 12 nitrogen and oxygen atoms in total. The number of rotatable bonds is 11. The second-order valence-electron chi connectivity index (χ2n) is 11.3. The molecule has 0 radical (unpaired) electrons. The minimum absolute atomic E-state index is 0.00965. The Labute approximate surface area is 253 Å². The van der Waals surface area contributed by atoms with Gasteiger partial charge in [-0.25, -0.2) is 25.8 Å². The molecule has 3 heterocycles. The molecular formula is C29H39N5O7S2. The standard InChI is InChI=1S/C29H39N5O7S2/c1-22-28(19-31-34(22)24-8-5-4-6-9-24)43(38,39)33-14-12-29(13-15-33)17-23(20-41-29)30-18-25(35)21-40-26-10-7-11-27(16-26)42(36,37)32(2)3/h4-11,16,19,23,25,30,35H,12-15,17-18,20-21H2,1-3H3/t23?,25-/m0/s1. The average molecular weight is 634 g/mol. The molecule has 1 unspecified atom stereocenters. The van der Waals surface area contributed by atoms with Crippen LogP contribution < -0.4 is 10.1 Å². The molecule has 2 atom stereocenters. The minimum atomic E-state index is -3.71. The lowest BCUT2D eigenvalue weighted by molar-refractivity contribution is -0.0312. The minimum Gasteiger partial charge on any atom is -0.491 e. The van der Waals surface area contributed by atoms with Gasteiger partial charge < -0.3 is 19.9 Å². The first-order valence-electron chi connectivity index (χ1n) is 14.2. The molecule has 234 valence electrons. The van der Waals surface area contributed by atoms with Crippen LogP contribution in [0.5, 0.6) is 5.75 Å². The van der Waals surface area contributed by atoms with Crippen LogP contribution in [-0.4, -0.2) is 105 Å². The predicted molar refractivity (Wildman–Crippen MR) is 160 cm³/mol. The maximum absolute atomic E-state index is 13.5. The van der Waals surface area contributed by atoms with E-state index in [2.05, 4.69) is 10.4 Å². The van der Waals surface area contributed by atoms with Gasteiger partial charge in [-0.2, -0.15) is 9.40 Å². The molecule has 2 fully saturated rings. The topological polar surface area (TPSA) is 143 Å². The number of sulfonamides is 2. The van der Waals surface area contributed by atoms with Crippen molar-refractivity contribution in [2.75, 3.05) is 46.9 Å². The van der Waals surface area contributed by atoms with Crippen LogP contribution in [0.15, 0.2) is 70.6 Å². The van der Waals surface area contributed by atoms with E-state index >= 15 is 0 Å². The zero-order valence-corrected chi connectivity index (χ0v) is 26.2. The smallest absolute Gasteiger partial charge is 0.246 e. The average Bonchev–Trinajstić information content (AvgIpc) is 3.59. The Balaban J connectivity index is 1.10. The van der Waals surface area contributed by atoms with Crippen molar-refractivity contribution in [3.63, 3.8) is 0 Å². The van der Waals surface area contributed by atoms with Gasteiger partial charge in [0, 0.05) is 45.8 Å². The Morgan fingerprint density at radius 2 is 1.84 bits per heavy atom. The molecule has 5 rings (SSSR count). The predicted octanol–water partition coefficient (Wildman–Crippen LogP) is 1.77. The van der Waals surface area contributed by atoms with Crippen molar-refractivity contribution >= 4 is 20.0 Å². The number of benzene rings is 2. The quantitative estimate of drug-likeness (QED) is 0.323. The number of aromatic nitrogens is 2. The molecule has 43 heavy (non-hydrogen) atoms. The molecule has 2 aromatic carbocycles. The van der Waals surface area contributed by atoms with E-state index < -0.39 is 31.8 Å². The number of para-hydroxylation sites is 1. The summed E-state index contributed by atoms with van der Waals surface area (Å²) in [5.74, 6) is 0.356. The summed E-state index contributed by atoms with van der Waals surface area (Å²) in [5.41, 5.74) is 0.965. The normalized spacial score (nSPS) is 20.1. The van der Waals surface area contributed by atoms with Gasteiger partial charge in [0.05, 0.1) is 34.7 Å². The Bertz CT molecular complexity index is 1620. The number of ether oxygens (including phenoxy) is 2. The molecule has 2 saturated heterocycles. The first-order valence-corrected chi connectivity index (χ1v) is 17.1. The lowest BCUT2D eigenvalue weighted by atomic mass is 9.88. The van der Waals surface area contributed by atoms with Gasteiger partial charge in [-0.1, -0.05) is 24.3 Å². The van der Waals surface area contributed by atoms with E-state index in [1.54, 1.807) is 23.7 Å². The van der Waals surface area contributed by atoms with E-state index in [0.29, 0.717) is 50.4 Å². The second kappa shape index (κ2) is 12.6. The van der Waals surface area contributed by atoms with Gasteiger partial charge in [0.15, 0.2) is 0 Å². The summed E-state index contributed by atoms with van der Waals surface area (Å²) in [6, 6.07) is 15.6. The largest absolute Gasteiger partial charge is 0.491 e. The van der Waals surface area contributed by atoms with Crippen molar-refractivity contribution in [3.05, 3.63) is 66.5 Å². The highest BCUT2D eigenvalue weighted by atomic mass is 32.2. The monoisotopic (exact) mass is 633 g/mol. The summed E-state index contributed by atoms with van der Waals surface area (Å²) in [6.45, 7) is 3.19. The summed E-state index contributed by atoms with van der Waals surface area (Å²) < 4.78 is 67.9. The molecule has 0 bridgehead atoms. The Morgan fingerprint density at radius 3 is 2.53 bits per heavy atom. The Morgan fingerprint density at radius 1 is 1.12 bits per heavy atom. The maximum Gasteiger partial charge on any atom is 0.246 e. The summed E-state index contributed by atoms with van der Waals surface area (Å²) in [4.78, 5) is 0.327. The van der Waals surface area contributed by atoms with Crippen LogP contribution in [0.4, 0.5) is 0 Å². The van der Waals surface area contributed by atoms with Gasteiger partial charge in [-0.15, -0.1) is 0 Å². The zero-order chi connectivity index (χ0) is 30.8. The van der Waals surface area contributed by atoms with Gasteiger partial charge in [0.2, 0.25) is 20.0 Å². The first kappa shape index (κ1) is 31.6. The van der Waals surface area contributed by atoms with Gasteiger partial charge in [0.25, 0.3) is 0 Å². The van der Waals surface area contributed by atoms with Crippen LogP contribution in [0.2, 0.25) is 0 Å². The summed E-state index contributed by atoms with van der Waals surface area (Å²) >= 11 is 0. The van der Waals surface area contributed by atoms with Gasteiger partial charge >= 0.3 is 0 Å². The summed E-state index contributed by atoms with van der Waals surface area (Å²) in [6.07, 6.45) is 2.47. The highest BCUT2D eigenvalue weighted by molar-refractivity contribution is 7.89. The molecule has 2 aliphatic heterocycles. The number of aliphatic hydroxyl groups is 1. The number of piperidine rings is 1. The van der Waals surface area contributed by atoms with Crippen molar-refractivity contribution in [1.82, 2.24) is 23.7 Å². The molecule has 2 N–H and O–H groups in total. The molecule has 1 aromatic heterocycles. The SMILES string of the molecule is Cc1c(S(=O)(=O)N2CCC3(CC2)CC(NC[C@H](O)COc2cccc(S(=O)(=O)N(C)C)c2)CO3)cnn1-c1ccccc1. The van der Waals surface area contributed by atoms with Crippen LogP contribution in [0.25, 0.3) is 5.69 Å². The van der Waals surface area contributed by atoms with Crippen LogP contribution >= 0.6 is 0 Å². The molecule has 3 aromatic rings. The van der Waals surface area contributed by atoms with Crippen molar-refractivity contribution in [2.45, 2.75) is 53.7 Å². The lowest BCUT2D eigenvalue weighted by Crippen LogP contribution is -2.47.